The Morgan fingerprint density at radius 3 is 2.14 bits per heavy atom. The van der Waals surface area contributed by atoms with Crippen LogP contribution in [0.4, 0.5) is 0 Å². The number of rotatable bonds is 16. The number of guanidine groups is 1. The fourth-order valence-corrected chi connectivity index (χ4v) is 2.88. The Labute approximate surface area is 204 Å². The minimum Gasteiger partial charge on any atom is -0.481 e. The minimum absolute atomic E-state index is 0.0609. The van der Waals surface area contributed by atoms with Crippen LogP contribution in [0.3, 0.4) is 0 Å². The van der Waals surface area contributed by atoms with Crippen LogP contribution in [-0.4, -0.2) is 98.2 Å². The number of imidazole rings is 1. The number of carboxylic acid groups (broad SMARTS) is 2. The molecule has 0 saturated carbocycles. The van der Waals surface area contributed by atoms with Crippen molar-refractivity contribution >= 4 is 35.6 Å². The van der Waals surface area contributed by atoms with E-state index in [1.165, 1.54) is 12.5 Å². The van der Waals surface area contributed by atoms with Crippen molar-refractivity contribution in [3.05, 3.63) is 18.2 Å². The fraction of sp³-hybridized carbons (Fsp3) is 0.526. The number of aromatic nitrogens is 2. The SMILES string of the molecule is NC(N)=NCCCC(NC(=O)C(Cc1cnc[nH]1)NC(=O)C(N)CO)C(=O)NC(CC(=O)O)C(=O)O. The second-order valence-electron chi connectivity index (χ2n) is 7.64. The van der Waals surface area contributed by atoms with Crippen LogP contribution in [0.5, 0.6) is 0 Å². The number of aliphatic hydroxyl groups excluding tert-OH is 1. The van der Waals surface area contributed by atoms with Crippen molar-refractivity contribution in [1.29, 1.82) is 0 Å². The lowest BCUT2D eigenvalue weighted by molar-refractivity contribution is -0.147. The molecule has 0 fully saturated rings. The smallest absolute Gasteiger partial charge is 0.326 e. The average Bonchev–Trinajstić information content (AvgIpc) is 3.31. The Morgan fingerprint density at radius 2 is 1.61 bits per heavy atom. The third-order valence-electron chi connectivity index (χ3n) is 4.72. The highest BCUT2D eigenvalue weighted by atomic mass is 16.4. The number of hydrogen-bond acceptors (Lipinski definition) is 9. The van der Waals surface area contributed by atoms with Crippen molar-refractivity contribution in [2.45, 2.75) is 49.9 Å². The first-order valence-electron chi connectivity index (χ1n) is 10.7. The van der Waals surface area contributed by atoms with Gasteiger partial charge in [0.1, 0.15) is 24.2 Å². The maximum Gasteiger partial charge on any atom is 0.326 e. The van der Waals surface area contributed by atoms with Crippen LogP contribution < -0.4 is 33.2 Å². The molecule has 0 saturated heterocycles. The summed E-state index contributed by atoms with van der Waals surface area (Å²) in [6.45, 7) is -0.598. The van der Waals surface area contributed by atoms with Crippen LogP contribution in [0.2, 0.25) is 0 Å². The Balaban J connectivity index is 3.08. The lowest BCUT2D eigenvalue weighted by Gasteiger charge is -2.24. The number of nitrogens with zero attached hydrogens (tertiary/aromatic N) is 2. The van der Waals surface area contributed by atoms with Gasteiger partial charge in [0.25, 0.3) is 0 Å². The quantitative estimate of drug-likeness (QED) is 0.0566. The highest BCUT2D eigenvalue weighted by Gasteiger charge is 2.31. The number of aromatic amines is 1. The monoisotopic (exact) mass is 513 g/mol. The fourth-order valence-electron chi connectivity index (χ4n) is 2.88. The van der Waals surface area contributed by atoms with Crippen molar-refractivity contribution in [3.8, 4) is 0 Å². The van der Waals surface area contributed by atoms with Crippen molar-refractivity contribution in [1.82, 2.24) is 25.9 Å². The van der Waals surface area contributed by atoms with E-state index in [0.717, 1.165) is 0 Å². The Hall–Kier alpha value is -4.25. The molecule has 0 aliphatic heterocycles. The van der Waals surface area contributed by atoms with Gasteiger partial charge in [0, 0.05) is 24.9 Å². The number of nitrogens with one attached hydrogen (secondary N) is 4. The van der Waals surface area contributed by atoms with Crippen LogP contribution in [0.1, 0.15) is 25.0 Å². The molecule has 1 aromatic heterocycles. The number of aliphatic imine (C=N–C) groups is 1. The van der Waals surface area contributed by atoms with Crippen LogP contribution in [0.15, 0.2) is 17.5 Å². The van der Waals surface area contributed by atoms with Crippen molar-refractivity contribution in [2.75, 3.05) is 13.2 Å². The Morgan fingerprint density at radius 1 is 1.00 bits per heavy atom. The van der Waals surface area contributed by atoms with Crippen molar-refractivity contribution in [2.24, 2.45) is 22.2 Å². The summed E-state index contributed by atoms with van der Waals surface area (Å²) < 4.78 is 0. The number of carbonyl (C=O) groups is 5. The highest BCUT2D eigenvalue weighted by Crippen LogP contribution is 2.05. The molecule has 0 spiro atoms. The van der Waals surface area contributed by atoms with Gasteiger partial charge in [0.05, 0.1) is 19.4 Å². The maximum absolute atomic E-state index is 13.0. The summed E-state index contributed by atoms with van der Waals surface area (Å²) in [7, 11) is 0. The number of aliphatic hydroxyl groups is 1. The van der Waals surface area contributed by atoms with Gasteiger partial charge in [-0.05, 0) is 12.8 Å². The predicted molar refractivity (Wildman–Crippen MR) is 123 cm³/mol. The predicted octanol–water partition coefficient (Wildman–Crippen LogP) is -4.66. The van der Waals surface area contributed by atoms with Gasteiger partial charge in [0.2, 0.25) is 17.7 Å². The summed E-state index contributed by atoms with van der Waals surface area (Å²) >= 11 is 0. The third kappa shape index (κ3) is 10.8. The second-order valence-corrected chi connectivity index (χ2v) is 7.64. The first-order valence-corrected chi connectivity index (χ1v) is 10.7. The van der Waals surface area contributed by atoms with Crippen LogP contribution >= 0.6 is 0 Å². The average molecular weight is 514 g/mol. The summed E-state index contributed by atoms with van der Waals surface area (Å²) in [4.78, 5) is 70.7. The summed E-state index contributed by atoms with van der Waals surface area (Å²) in [6, 6.07) is -5.67. The number of hydrogen-bond donors (Lipinski definition) is 10. The van der Waals surface area contributed by atoms with Gasteiger partial charge in [-0.1, -0.05) is 0 Å². The van der Waals surface area contributed by atoms with Gasteiger partial charge in [-0.15, -0.1) is 0 Å². The highest BCUT2D eigenvalue weighted by molar-refractivity contribution is 5.94. The summed E-state index contributed by atoms with van der Waals surface area (Å²) in [5.74, 6) is -5.89. The zero-order chi connectivity index (χ0) is 27.3. The molecule has 1 aromatic rings. The van der Waals surface area contributed by atoms with E-state index in [9.17, 15) is 29.1 Å². The topological polar surface area (TPSA) is 301 Å². The molecule has 4 atom stereocenters. The van der Waals surface area contributed by atoms with Crippen molar-refractivity contribution in [3.63, 3.8) is 0 Å². The van der Waals surface area contributed by atoms with Gasteiger partial charge in [-0.25, -0.2) is 9.78 Å². The zero-order valence-electron chi connectivity index (χ0n) is 19.2. The number of aliphatic carboxylic acids is 2. The van der Waals surface area contributed by atoms with E-state index in [0.29, 0.717) is 5.69 Å². The molecule has 17 nitrogen and oxygen atoms in total. The van der Waals surface area contributed by atoms with Crippen LogP contribution in [0, 0.1) is 0 Å². The van der Waals surface area contributed by atoms with E-state index in [1.54, 1.807) is 0 Å². The van der Waals surface area contributed by atoms with Crippen molar-refractivity contribution < 1.29 is 39.3 Å². The molecule has 13 N–H and O–H groups in total. The summed E-state index contributed by atoms with van der Waals surface area (Å²) in [6.07, 6.45) is 1.89. The van der Waals surface area contributed by atoms with E-state index >= 15 is 0 Å². The molecular formula is C19H31N9O8. The molecule has 0 bridgehead atoms. The third-order valence-corrected chi connectivity index (χ3v) is 4.72. The van der Waals surface area contributed by atoms with Gasteiger partial charge in [0.15, 0.2) is 5.96 Å². The number of H-pyrrole nitrogens is 1. The zero-order valence-corrected chi connectivity index (χ0v) is 19.2. The van der Waals surface area contributed by atoms with E-state index in [4.69, 9.17) is 27.4 Å². The molecule has 1 rings (SSSR count). The first-order chi connectivity index (χ1) is 16.9. The molecule has 0 aliphatic rings. The largest absolute Gasteiger partial charge is 0.481 e. The minimum atomic E-state index is -1.75. The molecule has 0 radical (unpaired) electrons. The molecule has 36 heavy (non-hydrogen) atoms. The van der Waals surface area contributed by atoms with Gasteiger partial charge >= 0.3 is 11.9 Å². The molecule has 1 heterocycles. The van der Waals surface area contributed by atoms with E-state index in [1.807, 2.05) is 0 Å². The molecule has 0 aromatic carbocycles. The van der Waals surface area contributed by atoms with Gasteiger partial charge < -0.3 is 53.5 Å². The van der Waals surface area contributed by atoms with E-state index in [-0.39, 0.29) is 31.8 Å². The molecule has 4 unspecified atom stereocenters. The van der Waals surface area contributed by atoms with E-state index < -0.39 is 66.9 Å². The molecule has 0 aliphatic carbocycles. The Kier molecular flexibility index (Phi) is 12.3. The lowest BCUT2D eigenvalue weighted by atomic mass is 10.1. The molecule has 200 valence electrons. The second kappa shape index (κ2) is 14.9. The summed E-state index contributed by atoms with van der Waals surface area (Å²) in [5, 5.41) is 34.1. The number of nitrogens with two attached hydrogens (primary N) is 3. The molecule has 17 heteroatoms. The first kappa shape index (κ1) is 29.8. The summed E-state index contributed by atoms with van der Waals surface area (Å²) in [5.41, 5.74) is 16.5. The molecule has 3 amide bonds. The maximum atomic E-state index is 13.0. The number of amides is 3. The van der Waals surface area contributed by atoms with Gasteiger partial charge in [-0.2, -0.15) is 0 Å². The van der Waals surface area contributed by atoms with Crippen LogP contribution in [0.25, 0.3) is 0 Å². The molecular weight excluding hydrogens is 482 g/mol. The number of carboxylic acids is 2. The van der Waals surface area contributed by atoms with E-state index in [2.05, 4.69) is 30.9 Å². The normalized spacial score (nSPS) is 13.9. The standard InChI is InChI=1S/C19H31N9O8/c20-10(7-29)15(32)27-12(4-9-6-23-8-25-9)17(34)26-11(2-1-3-24-19(21)22)16(33)28-13(18(35)36)5-14(30)31/h6,8,10-13,29H,1-5,7,20H2,(H,23,25)(H,26,34)(H,27,32)(H,28,33)(H,30,31)(H,35,36)(H4,21,22,24). The lowest BCUT2D eigenvalue weighted by Crippen LogP contribution is -2.58. The number of carbonyl (C=O) groups excluding carboxylic acids is 3. The Bertz CT molecular complexity index is 933. The van der Waals surface area contributed by atoms with Crippen LogP contribution in [-0.2, 0) is 30.4 Å². The van der Waals surface area contributed by atoms with Gasteiger partial charge in [-0.3, -0.25) is 24.2 Å².